The van der Waals surface area contributed by atoms with Gasteiger partial charge < -0.3 is 10.5 Å². The van der Waals surface area contributed by atoms with Crippen LogP contribution in [0.3, 0.4) is 0 Å². The van der Waals surface area contributed by atoms with Gasteiger partial charge in [-0.05, 0) is 25.0 Å². The molecule has 0 amide bonds. The van der Waals surface area contributed by atoms with E-state index in [1.54, 1.807) is 6.92 Å². The van der Waals surface area contributed by atoms with Crippen LogP contribution in [0.15, 0.2) is 24.3 Å². The first-order chi connectivity index (χ1) is 8.88. The maximum Gasteiger partial charge on any atom is 0.416 e. The first kappa shape index (κ1) is 15.5. The Morgan fingerprint density at radius 1 is 1.42 bits per heavy atom. The lowest BCUT2D eigenvalue weighted by Crippen LogP contribution is -2.27. The molecule has 0 saturated carbocycles. The molecule has 2 N–H and O–H groups in total. The first-order valence-corrected chi connectivity index (χ1v) is 5.91. The van der Waals surface area contributed by atoms with Crippen molar-refractivity contribution < 1.29 is 22.7 Å². The molecule has 0 aromatic heterocycles. The van der Waals surface area contributed by atoms with Crippen LogP contribution in [-0.2, 0) is 22.1 Å². The zero-order chi connectivity index (χ0) is 14.5. The summed E-state index contributed by atoms with van der Waals surface area (Å²) in [6, 6.07) is 4.88. The second-order valence-corrected chi connectivity index (χ2v) is 4.09. The van der Waals surface area contributed by atoms with E-state index in [1.165, 1.54) is 12.1 Å². The van der Waals surface area contributed by atoms with Gasteiger partial charge in [-0.25, -0.2) is 0 Å². The van der Waals surface area contributed by atoms with E-state index in [2.05, 4.69) is 0 Å². The summed E-state index contributed by atoms with van der Waals surface area (Å²) in [6.07, 6.45) is -4.25. The van der Waals surface area contributed by atoms with Crippen molar-refractivity contribution in [1.82, 2.24) is 0 Å². The average molecular weight is 275 g/mol. The SMILES string of the molecule is CCOC(=O)C(CN)Cc1cccc(C(F)(F)F)c1. The van der Waals surface area contributed by atoms with Gasteiger partial charge in [0.05, 0.1) is 18.1 Å². The van der Waals surface area contributed by atoms with Gasteiger partial charge in [0.1, 0.15) is 0 Å². The summed E-state index contributed by atoms with van der Waals surface area (Å²) in [6.45, 7) is 1.92. The fraction of sp³-hybridized carbons (Fsp3) is 0.462. The van der Waals surface area contributed by atoms with Gasteiger partial charge in [-0.2, -0.15) is 13.2 Å². The highest BCUT2D eigenvalue weighted by molar-refractivity contribution is 5.73. The van der Waals surface area contributed by atoms with E-state index in [1.807, 2.05) is 0 Å². The molecule has 6 heteroatoms. The van der Waals surface area contributed by atoms with Crippen LogP contribution in [0.5, 0.6) is 0 Å². The van der Waals surface area contributed by atoms with Gasteiger partial charge in [-0.3, -0.25) is 4.79 Å². The van der Waals surface area contributed by atoms with Gasteiger partial charge in [0, 0.05) is 6.54 Å². The van der Waals surface area contributed by atoms with E-state index in [0.29, 0.717) is 5.56 Å². The highest BCUT2D eigenvalue weighted by atomic mass is 19.4. The number of hydrogen-bond acceptors (Lipinski definition) is 3. The molecule has 0 bridgehead atoms. The Labute approximate surface area is 109 Å². The van der Waals surface area contributed by atoms with E-state index < -0.39 is 23.6 Å². The minimum atomic E-state index is -4.39. The Hall–Kier alpha value is -1.56. The van der Waals surface area contributed by atoms with Gasteiger partial charge in [-0.1, -0.05) is 18.2 Å². The molecule has 1 atom stereocenters. The summed E-state index contributed by atoms with van der Waals surface area (Å²) < 4.78 is 42.5. The van der Waals surface area contributed by atoms with Crippen LogP contribution < -0.4 is 5.73 Å². The summed E-state index contributed by atoms with van der Waals surface area (Å²) in [5.74, 6) is -1.11. The van der Waals surface area contributed by atoms with Crippen molar-refractivity contribution >= 4 is 5.97 Å². The summed E-state index contributed by atoms with van der Waals surface area (Å²) in [5.41, 5.74) is 5.14. The van der Waals surface area contributed by atoms with E-state index in [4.69, 9.17) is 10.5 Å². The lowest BCUT2D eigenvalue weighted by molar-refractivity contribution is -0.147. The van der Waals surface area contributed by atoms with Crippen LogP contribution in [0.1, 0.15) is 18.1 Å². The average Bonchev–Trinajstić information content (AvgIpc) is 2.35. The number of alkyl halides is 3. The summed E-state index contributed by atoms with van der Waals surface area (Å²) in [4.78, 5) is 11.5. The minimum Gasteiger partial charge on any atom is -0.466 e. The lowest BCUT2D eigenvalue weighted by Gasteiger charge is -2.14. The van der Waals surface area contributed by atoms with Crippen LogP contribution >= 0.6 is 0 Å². The quantitative estimate of drug-likeness (QED) is 0.839. The van der Waals surface area contributed by atoms with Crippen molar-refractivity contribution in [2.45, 2.75) is 19.5 Å². The highest BCUT2D eigenvalue weighted by Gasteiger charge is 2.30. The molecule has 0 fully saturated rings. The van der Waals surface area contributed by atoms with Gasteiger partial charge >= 0.3 is 12.1 Å². The van der Waals surface area contributed by atoms with E-state index in [0.717, 1.165) is 12.1 Å². The number of hydrogen-bond donors (Lipinski definition) is 1. The standard InChI is InChI=1S/C13H16F3NO2/c1-2-19-12(18)10(8-17)6-9-4-3-5-11(7-9)13(14,15)16/h3-5,7,10H,2,6,8,17H2,1H3. The molecule has 0 spiro atoms. The molecule has 0 saturated heterocycles. The van der Waals surface area contributed by atoms with Crippen LogP contribution in [-0.4, -0.2) is 19.1 Å². The Kier molecular flexibility index (Phi) is 5.35. The predicted molar refractivity (Wildman–Crippen MR) is 64.3 cm³/mol. The van der Waals surface area contributed by atoms with Crippen LogP contribution in [0.4, 0.5) is 13.2 Å². The van der Waals surface area contributed by atoms with Crippen LogP contribution in [0, 0.1) is 5.92 Å². The van der Waals surface area contributed by atoms with Crippen molar-refractivity contribution in [3.05, 3.63) is 35.4 Å². The normalized spacial score (nSPS) is 13.1. The highest BCUT2D eigenvalue weighted by Crippen LogP contribution is 2.30. The fourth-order valence-electron chi connectivity index (χ4n) is 1.68. The maximum absolute atomic E-state index is 12.6. The maximum atomic E-state index is 12.6. The van der Waals surface area contributed by atoms with E-state index in [-0.39, 0.29) is 19.6 Å². The fourth-order valence-corrected chi connectivity index (χ4v) is 1.68. The van der Waals surface area contributed by atoms with Crippen molar-refractivity contribution in [2.75, 3.05) is 13.2 Å². The topological polar surface area (TPSA) is 52.3 Å². The first-order valence-electron chi connectivity index (χ1n) is 5.91. The molecule has 106 valence electrons. The zero-order valence-corrected chi connectivity index (χ0v) is 10.5. The number of nitrogens with two attached hydrogens (primary N) is 1. The zero-order valence-electron chi connectivity index (χ0n) is 10.5. The Balaban J connectivity index is 2.83. The molecule has 1 unspecified atom stereocenters. The van der Waals surface area contributed by atoms with Gasteiger partial charge in [0.2, 0.25) is 0 Å². The molecule has 3 nitrogen and oxygen atoms in total. The van der Waals surface area contributed by atoms with Crippen molar-refractivity contribution in [3.63, 3.8) is 0 Å². The van der Waals surface area contributed by atoms with Gasteiger partial charge in [-0.15, -0.1) is 0 Å². The van der Waals surface area contributed by atoms with Crippen molar-refractivity contribution in [1.29, 1.82) is 0 Å². The number of carbonyl (C=O) groups excluding carboxylic acids is 1. The van der Waals surface area contributed by atoms with Gasteiger partial charge in [0.25, 0.3) is 0 Å². The van der Waals surface area contributed by atoms with Crippen LogP contribution in [0.25, 0.3) is 0 Å². The third-order valence-corrected chi connectivity index (χ3v) is 2.64. The molecule has 0 heterocycles. The van der Waals surface area contributed by atoms with E-state index >= 15 is 0 Å². The number of rotatable bonds is 5. The second-order valence-electron chi connectivity index (χ2n) is 4.09. The Morgan fingerprint density at radius 3 is 2.63 bits per heavy atom. The van der Waals surface area contributed by atoms with Crippen LogP contribution in [0.2, 0.25) is 0 Å². The third kappa shape index (κ3) is 4.55. The van der Waals surface area contributed by atoms with E-state index in [9.17, 15) is 18.0 Å². The summed E-state index contributed by atoms with van der Waals surface area (Å²) in [5, 5.41) is 0. The minimum absolute atomic E-state index is 0.0368. The molecule has 0 aliphatic heterocycles. The number of ether oxygens (including phenoxy) is 1. The number of benzene rings is 1. The molecular weight excluding hydrogens is 259 g/mol. The second kappa shape index (κ2) is 6.56. The number of esters is 1. The third-order valence-electron chi connectivity index (χ3n) is 2.64. The Bertz CT molecular complexity index is 432. The smallest absolute Gasteiger partial charge is 0.416 e. The molecule has 1 rings (SSSR count). The molecule has 0 aliphatic rings. The lowest BCUT2D eigenvalue weighted by atomic mass is 9.98. The summed E-state index contributed by atoms with van der Waals surface area (Å²) in [7, 11) is 0. The van der Waals surface area contributed by atoms with Crippen molar-refractivity contribution in [3.8, 4) is 0 Å². The summed E-state index contributed by atoms with van der Waals surface area (Å²) >= 11 is 0. The molecule has 0 aliphatic carbocycles. The molecular formula is C13H16F3NO2. The Morgan fingerprint density at radius 2 is 2.11 bits per heavy atom. The molecule has 1 aromatic rings. The monoisotopic (exact) mass is 275 g/mol. The molecule has 1 aromatic carbocycles. The number of halogens is 3. The predicted octanol–water partition coefficient (Wildman–Crippen LogP) is 2.39. The largest absolute Gasteiger partial charge is 0.466 e. The molecule has 0 radical (unpaired) electrons. The number of carbonyl (C=O) groups is 1. The van der Waals surface area contributed by atoms with Gasteiger partial charge in [0.15, 0.2) is 0 Å². The molecule has 19 heavy (non-hydrogen) atoms. The van der Waals surface area contributed by atoms with Crippen molar-refractivity contribution in [2.24, 2.45) is 11.7 Å².